The summed E-state index contributed by atoms with van der Waals surface area (Å²) in [6, 6.07) is 21.6. The number of carbonyl (C=O) groups excluding carboxylic acids is 2. The number of amidine groups is 1. The zero-order valence-electron chi connectivity index (χ0n) is 22.9. The van der Waals surface area contributed by atoms with Gasteiger partial charge in [0.1, 0.15) is 12.0 Å². The topological polar surface area (TPSA) is 95.1 Å². The minimum absolute atomic E-state index is 0.0600. The van der Waals surface area contributed by atoms with Gasteiger partial charge in [0.2, 0.25) is 5.91 Å². The van der Waals surface area contributed by atoms with E-state index in [0.717, 1.165) is 22.4 Å². The smallest absolute Gasteiger partial charge is 0.298 e. The Kier molecular flexibility index (Phi) is 9.81. The van der Waals surface area contributed by atoms with Crippen LogP contribution >= 0.6 is 11.6 Å². The molecule has 3 aromatic carbocycles. The standard InChI is InChI=1S/C31H34ClN5O3/c1-4-27(32)31-35-21(2)34-25-12-8-11-22(15-25)13-14-24-16-26(36-31)17-28(30(24)40-20-38)37(3)19-29(39)33-18-23-9-6-5-7-10-23/h4-12,15-17,20-21,34H,13-14,18-19H2,1-3H3,(H,33,39)(H,35,36)/b27-4+. The molecule has 1 amide bonds. The first-order valence-electron chi connectivity index (χ1n) is 13.2. The Morgan fingerprint density at radius 1 is 1.12 bits per heavy atom. The zero-order valence-corrected chi connectivity index (χ0v) is 23.7. The van der Waals surface area contributed by atoms with Crippen molar-refractivity contribution in [2.45, 2.75) is 39.4 Å². The molecule has 4 rings (SSSR count). The molecule has 40 heavy (non-hydrogen) atoms. The van der Waals surface area contributed by atoms with E-state index in [2.05, 4.69) is 28.1 Å². The second-order valence-electron chi connectivity index (χ2n) is 9.58. The van der Waals surface area contributed by atoms with E-state index < -0.39 is 0 Å². The molecule has 0 aromatic heterocycles. The van der Waals surface area contributed by atoms with Crippen LogP contribution < -0.4 is 25.6 Å². The number of fused-ring (bicyclic) bond motifs is 4. The third-order valence-corrected chi connectivity index (χ3v) is 6.88. The fourth-order valence-electron chi connectivity index (χ4n) is 4.54. The number of carbonyl (C=O) groups is 2. The van der Waals surface area contributed by atoms with E-state index in [0.29, 0.717) is 53.9 Å². The number of hydrogen-bond acceptors (Lipinski definition) is 7. The second kappa shape index (κ2) is 13.7. The van der Waals surface area contributed by atoms with Crippen LogP contribution in [0.2, 0.25) is 0 Å². The van der Waals surface area contributed by atoms with E-state index >= 15 is 0 Å². The molecule has 9 heteroatoms. The highest BCUT2D eigenvalue weighted by Crippen LogP contribution is 2.36. The van der Waals surface area contributed by atoms with Crippen LogP contribution in [0.25, 0.3) is 0 Å². The summed E-state index contributed by atoms with van der Waals surface area (Å²) >= 11 is 6.56. The molecule has 0 saturated heterocycles. The first-order valence-corrected chi connectivity index (χ1v) is 13.6. The van der Waals surface area contributed by atoms with Crippen molar-refractivity contribution in [3.8, 4) is 5.75 Å². The predicted octanol–water partition coefficient (Wildman–Crippen LogP) is 5.48. The maximum absolute atomic E-state index is 12.9. The van der Waals surface area contributed by atoms with Crippen molar-refractivity contribution in [2.75, 3.05) is 29.1 Å². The number of halogens is 1. The molecule has 3 aromatic rings. The van der Waals surface area contributed by atoms with Gasteiger partial charge in [-0.25, -0.2) is 4.99 Å². The summed E-state index contributed by atoms with van der Waals surface area (Å²) in [7, 11) is 1.79. The van der Waals surface area contributed by atoms with E-state index in [1.54, 1.807) is 18.0 Å². The van der Waals surface area contributed by atoms with E-state index in [1.807, 2.05) is 68.4 Å². The summed E-state index contributed by atoms with van der Waals surface area (Å²) in [6.45, 7) is 4.70. The SMILES string of the molecule is C/C=C(Cl)\C1=N/C(C)Nc2cccc(c2)CCc2cc(cc(N(C)CC(=O)NCc3ccccc3)c2OC=O)N1. The highest BCUT2D eigenvalue weighted by Gasteiger charge is 2.20. The Hall–Kier alpha value is -4.30. The first kappa shape index (κ1) is 28.7. The molecule has 1 aliphatic heterocycles. The number of rotatable bonds is 8. The molecule has 0 fully saturated rings. The van der Waals surface area contributed by atoms with Gasteiger partial charge in [0, 0.05) is 25.0 Å². The van der Waals surface area contributed by atoms with Gasteiger partial charge < -0.3 is 25.6 Å². The van der Waals surface area contributed by atoms with Gasteiger partial charge in [0.25, 0.3) is 6.47 Å². The number of nitrogens with one attached hydrogen (secondary N) is 3. The molecular weight excluding hydrogens is 526 g/mol. The van der Waals surface area contributed by atoms with Crippen LogP contribution in [-0.2, 0) is 29.0 Å². The quantitative estimate of drug-likeness (QED) is 0.316. The van der Waals surface area contributed by atoms with Gasteiger partial charge in [-0.2, -0.15) is 0 Å². The van der Waals surface area contributed by atoms with Gasteiger partial charge in [-0.05, 0) is 67.6 Å². The van der Waals surface area contributed by atoms with Crippen molar-refractivity contribution in [3.63, 3.8) is 0 Å². The summed E-state index contributed by atoms with van der Waals surface area (Å²) in [5, 5.41) is 10.2. The zero-order chi connectivity index (χ0) is 28.5. The Balaban J connectivity index is 1.70. The molecule has 1 aliphatic rings. The maximum Gasteiger partial charge on any atom is 0.298 e. The number of amides is 1. The lowest BCUT2D eigenvalue weighted by atomic mass is 10.0. The predicted molar refractivity (Wildman–Crippen MR) is 162 cm³/mol. The summed E-state index contributed by atoms with van der Waals surface area (Å²) < 4.78 is 5.53. The summed E-state index contributed by atoms with van der Waals surface area (Å²) in [4.78, 5) is 31.0. The van der Waals surface area contributed by atoms with Gasteiger partial charge in [-0.3, -0.25) is 9.59 Å². The molecular formula is C31H34ClN5O3. The lowest BCUT2D eigenvalue weighted by Gasteiger charge is -2.24. The third-order valence-electron chi connectivity index (χ3n) is 6.49. The van der Waals surface area contributed by atoms with E-state index in [1.165, 1.54) is 0 Å². The number of allylic oxidation sites excluding steroid dienone is 1. The molecule has 0 aliphatic carbocycles. The van der Waals surface area contributed by atoms with Crippen LogP contribution in [-0.4, -0.2) is 38.0 Å². The van der Waals surface area contributed by atoms with Crippen molar-refractivity contribution in [1.82, 2.24) is 5.32 Å². The fourth-order valence-corrected chi connectivity index (χ4v) is 4.64. The number of ether oxygens (including phenoxy) is 1. The average molecular weight is 560 g/mol. The summed E-state index contributed by atoms with van der Waals surface area (Å²) in [5.41, 5.74) is 5.18. The number of likely N-dealkylation sites (N-methyl/N-ethyl adjacent to an activating group) is 1. The Morgan fingerprint density at radius 3 is 2.67 bits per heavy atom. The van der Waals surface area contributed by atoms with E-state index in [9.17, 15) is 9.59 Å². The van der Waals surface area contributed by atoms with Crippen LogP contribution in [0.3, 0.4) is 0 Å². The molecule has 4 bridgehead atoms. The van der Waals surface area contributed by atoms with Gasteiger partial charge in [0.05, 0.1) is 17.3 Å². The molecule has 1 atom stereocenters. The summed E-state index contributed by atoms with van der Waals surface area (Å²) in [5.74, 6) is 0.737. The van der Waals surface area contributed by atoms with Crippen molar-refractivity contribution in [1.29, 1.82) is 0 Å². The number of anilines is 3. The summed E-state index contributed by atoms with van der Waals surface area (Å²) in [6.07, 6.45) is 2.82. The molecule has 208 valence electrons. The molecule has 0 saturated carbocycles. The van der Waals surface area contributed by atoms with Crippen LogP contribution in [0.15, 0.2) is 82.8 Å². The maximum atomic E-state index is 12.9. The molecule has 0 radical (unpaired) electrons. The lowest BCUT2D eigenvalue weighted by Crippen LogP contribution is -2.35. The normalized spacial score (nSPS) is 16.4. The van der Waals surface area contributed by atoms with Gasteiger partial charge in [-0.1, -0.05) is 60.1 Å². The van der Waals surface area contributed by atoms with Crippen molar-refractivity contribution >= 4 is 46.9 Å². The Morgan fingerprint density at radius 2 is 1.93 bits per heavy atom. The minimum Gasteiger partial charge on any atom is -0.426 e. The number of aliphatic imine (C=N–C) groups is 1. The fraction of sp³-hybridized carbons (Fsp3) is 0.258. The highest BCUT2D eigenvalue weighted by molar-refractivity contribution is 6.45. The van der Waals surface area contributed by atoms with Gasteiger partial charge in [-0.15, -0.1) is 0 Å². The van der Waals surface area contributed by atoms with Crippen molar-refractivity contribution in [3.05, 3.63) is 94.5 Å². The number of hydrogen-bond donors (Lipinski definition) is 3. The molecule has 1 unspecified atom stereocenters. The first-order chi connectivity index (χ1) is 19.4. The Labute approximate surface area is 240 Å². The number of benzene rings is 3. The van der Waals surface area contributed by atoms with E-state index in [-0.39, 0.29) is 18.6 Å². The molecule has 8 nitrogen and oxygen atoms in total. The van der Waals surface area contributed by atoms with Crippen LogP contribution in [0.5, 0.6) is 5.75 Å². The van der Waals surface area contributed by atoms with Crippen molar-refractivity contribution in [2.24, 2.45) is 4.99 Å². The highest BCUT2D eigenvalue weighted by atomic mass is 35.5. The Bertz CT molecular complexity index is 1410. The largest absolute Gasteiger partial charge is 0.426 e. The van der Waals surface area contributed by atoms with Crippen LogP contribution in [0.4, 0.5) is 17.1 Å². The molecule has 0 spiro atoms. The molecule has 3 N–H and O–H groups in total. The van der Waals surface area contributed by atoms with Crippen LogP contribution in [0, 0.1) is 0 Å². The third kappa shape index (κ3) is 7.64. The second-order valence-corrected chi connectivity index (χ2v) is 9.98. The number of nitrogens with zero attached hydrogens (tertiary/aromatic N) is 2. The average Bonchev–Trinajstić information content (AvgIpc) is 2.96. The minimum atomic E-state index is -0.264. The lowest BCUT2D eigenvalue weighted by molar-refractivity contribution is -0.121. The van der Waals surface area contributed by atoms with Gasteiger partial charge >= 0.3 is 0 Å². The monoisotopic (exact) mass is 559 g/mol. The van der Waals surface area contributed by atoms with Crippen molar-refractivity contribution < 1.29 is 14.3 Å². The van der Waals surface area contributed by atoms with E-state index in [4.69, 9.17) is 21.3 Å². The van der Waals surface area contributed by atoms with Crippen LogP contribution in [0.1, 0.15) is 30.5 Å². The van der Waals surface area contributed by atoms with Gasteiger partial charge in [0.15, 0.2) is 5.75 Å². The molecule has 1 heterocycles. The number of aryl methyl sites for hydroxylation is 2.